The van der Waals surface area contributed by atoms with Crippen LogP contribution < -0.4 is 20.1 Å². The molecule has 8 heteroatoms. The highest BCUT2D eigenvalue weighted by Gasteiger charge is 2.23. The van der Waals surface area contributed by atoms with Crippen molar-refractivity contribution < 1.29 is 9.47 Å². The van der Waals surface area contributed by atoms with Crippen LogP contribution in [-0.4, -0.2) is 67.1 Å². The molecule has 170 valence electrons. The Hall–Kier alpha value is -2.74. The van der Waals surface area contributed by atoms with Gasteiger partial charge in [0.05, 0.1) is 14.2 Å². The smallest absolute Gasteiger partial charge is 0.191 e. The third-order valence-electron chi connectivity index (χ3n) is 5.39. The number of methoxy groups -OCH3 is 2. The highest BCUT2D eigenvalue weighted by molar-refractivity contribution is 5.80. The van der Waals surface area contributed by atoms with Crippen molar-refractivity contribution in [1.82, 2.24) is 25.3 Å². The largest absolute Gasteiger partial charge is 0.497 e. The van der Waals surface area contributed by atoms with Gasteiger partial charge in [0.2, 0.25) is 0 Å². The fourth-order valence-corrected chi connectivity index (χ4v) is 3.86. The molecule has 1 aliphatic heterocycles. The molecule has 0 saturated carbocycles. The van der Waals surface area contributed by atoms with Gasteiger partial charge in [0.1, 0.15) is 11.5 Å². The van der Waals surface area contributed by atoms with Crippen LogP contribution in [0.5, 0.6) is 11.5 Å². The standard InChI is InChI=1S/C23H36N6O2/c1-5-24-23(25-14-18(2)15-29-9-6-8-26-29)27-20-7-10-28(17-20)16-19-11-21(30-3)13-22(12-19)31-4/h6,8-9,11-13,18,20H,5,7,10,14-17H2,1-4H3,(H2,24,25,27). The number of guanidine groups is 1. The summed E-state index contributed by atoms with van der Waals surface area (Å²) in [5.74, 6) is 2.96. The molecule has 8 nitrogen and oxygen atoms in total. The fourth-order valence-electron chi connectivity index (χ4n) is 3.86. The molecule has 0 spiro atoms. The number of aromatic nitrogens is 2. The number of hydrogen-bond acceptors (Lipinski definition) is 5. The lowest BCUT2D eigenvalue weighted by atomic mass is 10.2. The summed E-state index contributed by atoms with van der Waals surface area (Å²) in [6.07, 6.45) is 4.90. The summed E-state index contributed by atoms with van der Waals surface area (Å²) in [5, 5.41) is 11.3. The Kier molecular flexibility index (Phi) is 8.58. The predicted molar refractivity (Wildman–Crippen MR) is 124 cm³/mol. The van der Waals surface area contributed by atoms with Crippen LogP contribution in [-0.2, 0) is 13.1 Å². The molecule has 0 aliphatic carbocycles. The first-order valence-corrected chi connectivity index (χ1v) is 11.1. The zero-order valence-corrected chi connectivity index (χ0v) is 19.2. The molecule has 2 N–H and O–H groups in total. The number of rotatable bonds is 10. The molecule has 1 aromatic heterocycles. The van der Waals surface area contributed by atoms with E-state index in [9.17, 15) is 0 Å². The SMILES string of the molecule is CCNC(=NCC(C)Cn1cccn1)NC1CCN(Cc2cc(OC)cc(OC)c2)C1. The van der Waals surface area contributed by atoms with E-state index >= 15 is 0 Å². The van der Waals surface area contributed by atoms with Crippen molar-refractivity contribution in [1.29, 1.82) is 0 Å². The molecular formula is C23H36N6O2. The van der Waals surface area contributed by atoms with E-state index in [2.05, 4.69) is 46.6 Å². The summed E-state index contributed by atoms with van der Waals surface area (Å²) in [4.78, 5) is 7.27. The van der Waals surface area contributed by atoms with Gasteiger partial charge in [-0.1, -0.05) is 6.92 Å². The summed E-state index contributed by atoms with van der Waals surface area (Å²) in [6, 6.07) is 8.40. The van der Waals surface area contributed by atoms with Crippen LogP contribution >= 0.6 is 0 Å². The average Bonchev–Trinajstić information content (AvgIpc) is 3.44. The Balaban J connectivity index is 1.52. The lowest BCUT2D eigenvalue weighted by Crippen LogP contribution is -2.44. The lowest BCUT2D eigenvalue weighted by Gasteiger charge is -2.20. The van der Waals surface area contributed by atoms with Crippen LogP contribution in [0.4, 0.5) is 0 Å². The normalized spacial score (nSPS) is 18.1. The van der Waals surface area contributed by atoms with Crippen LogP contribution in [0.2, 0.25) is 0 Å². The fraction of sp³-hybridized carbons (Fsp3) is 0.565. The molecule has 1 fully saturated rings. The van der Waals surface area contributed by atoms with Gasteiger partial charge < -0.3 is 20.1 Å². The minimum Gasteiger partial charge on any atom is -0.497 e. The van der Waals surface area contributed by atoms with Gasteiger partial charge in [-0.15, -0.1) is 0 Å². The molecule has 2 unspecified atom stereocenters. The van der Waals surface area contributed by atoms with Gasteiger partial charge in [-0.3, -0.25) is 14.6 Å². The molecule has 0 amide bonds. The molecule has 1 saturated heterocycles. The molecule has 0 bridgehead atoms. The van der Waals surface area contributed by atoms with E-state index in [1.807, 2.05) is 29.2 Å². The van der Waals surface area contributed by atoms with Crippen molar-refractivity contribution in [3.05, 3.63) is 42.2 Å². The summed E-state index contributed by atoms with van der Waals surface area (Å²) >= 11 is 0. The minimum absolute atomic E-state index is 0.381. The van der Waals surface area contributed by atoms with Crippen LogP contribution in [0.25, 0.3) is 0 Å². The second-order valence-corrected chi connectivity index (χ2v) is 8.14. The number of ether oxygens (including phenoxy) is 2. The van der Waals surface area contributed by atoms with E-state index in [1.165, 1.54) is 5.56 Å². The molecule has 2 atom stereocenters. The van der Waals surface area contributed by atoms with Gasteiger partial charge in [0.25, 0.3) is 0 Å². The minimum atomic E-state index is 0.381. The van der Waals surface area contributed by atoms with E-state index in [4.69, 9.17) is 14.5 Å². The zero-order chi connectivity index (χ0) is 22.1. The first-order valence-electron chi connectivity index (χ1n) is 11.1. The number of benzene rings is 1. The van der Waals surface area contributed by atoms with Crippen LogP contribution in [0.1, 0.15) is 25.8 Å². The highest BCUT2D eigenvalue weighted by Crippen LogP contribution is 2.24. The number of nitrogens with zero attached hydrogens (tertiary/aromatic N) is 4. The summed E-state index contributed by atoms with van der Waals surface area (Å²) in [6.45, 7) is 9.68. The average molecular weight is 429 g/mol. The van der Waals surface area contributed by atoms with Crippen LogP contribution in [0.15, 0.2) is 41.7 Å². The number of nitrogens with one attached hydrogen (secondary N) is 2. The van der Waals surface area contributed by atoms with Crippen LogP contribution in [0, 0.1) is 5.92 Å². The summed E-state index contributed by atoms with van der Waals surface area (Å²) < 4.78 is 12.8. The van der Waals surface area contributed by atoms with Crippen molar-refractivity contribution in [2.45, 2.75) is 39.4 Å². The van der Waals surface area contributed by atoms with Gasteiger partial charge in [-0.05, 0) is 43.0 Å². The highest BCUT2D eigenvalue weighted by atomic mass is 16.5. The van der Waals surface area contributed by atoms with E-state index in [0.29, 0.717) is 12.0 Å². The van der Waals surface area contributed by atoms with E-state index in [1.54, 1.807) is 14.2 Å². The van der Waals surface area contributed by atoms with Gasteiger partial charge in [-0.2, -0.15) is 5.10 Å². The first-order chi connectivity index (χ1) is 15.1. The van der Waals surface area contributed by atoms with Gasteiger partial charge in [-0.25, -0.2) is 0 Å². The van der Waals surface area contributed by atoms with Crippen molar-refractivity contribution >= 4 is 5.96 Å². The Morgan fingerprint density at radius 3 is 2.68 bits per heavy atom. The summed E-state index contributed by atoms with van der Waals surface area (Å²) in [7, 11) is 3.37. The third-order valence-corrected chi connectivity index (χ3v) is 5.39. The molecule has 0 radical (unpaired) electrons. The maximum absolute atomic E-state index is 5.40. The summed E-state index contributed by atoms with van der Waals surface area (Å²) in [5.41, 5.74) is 1.20. The first kappa shape index (κ1) is 22.9. The van der Waals surface area contributed by atoms with Gasteiger partial charge in [0.15, 0.2) is 5.96 Å². The van der Waals surface area contributed by atoms with E-state index in [-0.39, 0.29) is 0 Å². The molecule has 31 heavy (non-hydrogen) atoms. The third kappa shape index (κ3) is 7.17. The second kappa shape index (κ2) is 11.6. The van der Waals surface area contributed by atoms with Crippen LogP contribution in [0.3, 0.4) is 0 Å². The van der Waals surface area contributed by atoms with E-state index in [0.717, 1.165) is 63.1 Å². The zero-order valence-electron chi connectivity index (χ0n) is 19.2. The Labute approximate surface area is 185 Å². The molecule has 2 aromatic rings. The Bertz CT molecular complexity index is 801. The number of likely N-dealkylation sites (tertiary alicyclic amines) is 1. The topological polar surface area (TPSA) is 75.9 Å². The maximum Gasteiger partial charge on any atom is 0.191 e. The second-order valence-electron chi connectivity index (χ2n) is 8.14. The van der Waals surface area contributed by atoms with Crippen molar-refractivity contribution in [2.75, 3.05) is 40.4 Å². The molecule has 3 rings (SSSR count). The van der Waals surface area contributed by atoms with E-state index < -0.39 is 0 Å². The number of hydrogen-bond donors (Lipinski definition) is 2. The monoisotopic (exact) mass is 428 g/mol. The molecule has 2 heterocycles. The van der Waals surface area contributed by atoms with Crippen molar-refractivity contribution in [3.8, 4) is 11.5 Å². The Morgan fingerprint density at radius 2 is 2.03 bits per heavy atom. The lowest BCUT2D eigenvalue weighted by molar-refractivity contribution is 0.321. The molecule has 1 aliphatic rings. The predicted octanol–water partition coefficient (Wildman–Crippen LogP) is 2.37. The van der Waals surface area contributed by atoms with Crippen molar-refractivity contribution in [3.63, 3.8) is 0 Å². The maximum atomic E-state index is 5.40. The molecular weight excluding hydrogens is 392 g/mol. The number of aliphatic imine (C=N–C) groups is 1. The molecule has 1 aromatic carbocycles. The van der Waals surface area contributed by atoms with Crippen molar-refractivity contribution in [2.24, 2.45) is 10.9 Å². The Morgan fingerprint density at radius 1 is 1.26 bits per heavy atom. The van der Waals surface area contributed by atoms with Gasteiger partial charge in [0, 0.05) is 63.8 Å². The van der Waals surface area contributed by atoms with Gasteiger partial charge >= 0.3 is 0 Å². The quantitative estimate of drug-likeness (QED) is 0.447.